The fraction of sp³-hybridized carbons (Fsp3) is 0.158. The Morgan fingerprint density at radius 2 is 2.00 bits per heavy atom. The molecule has 25 heavy (non-hydrogen) atoms. The second kappa shape index (κ2) is 6.68. The van der Waals surface area contributed by atoms with E-state index in [0.29, 0.717) is 16.9 Å². The summed E-state index contributed by atoms with van der Waals surface area (Å²) in [5, 5.41) is 3.63. The Labute approximate surface area is 144 Å². The lowest BCUT2D eigenvalue weighted by molar-refractivity contribution is 0.0924. The van der Waals surface area contributed by atoms with Gasteiger partial charge < -0.3 is 20.2 Å². The van der Waals surface area contributed by atoms with Crippen LogP contribution in [0.4, 0.5) is 0 Å². The first-order valence-corrected chi connectivity index (χ1v) is 7.73. The number of aryl methyl sites for hydroxylation is 1. The summed E-state index contributed by atoms with van der Waals surface area (Å²) < 4.78 is 10.9. The summed E-state index contributed by atoms with van der Waals surface area (Å²) in [6, 6.07) is 12.2. The van der Waals surface area contributed by atoms with Crippen LogP contribution in [-0.2, 0) is 6.54 Å². The first-order valence-electron chi connectivity index (χ1n) is 7.73. The van der Waals surface area contributed by atoms with Gasteiger partial charge in [-0.15, -0.1) is 0 Å². The van der Waals surface area contributed by atoms with E-state index in [-0.39, 0.29) is 18.2 Å². The number of hydrogen-bond donors (Lipinski definition) is 2. The Morgan fingerprint density at radius 1 is 1.20 bits per heavy atom. The number of ether oxygens (including phenoxy) is 1. The fourth-order valence-corrected chi connectivity index (χ4v) is 2.64. The number of rotatable bonds is 5. The lowest BCUT2D eigenvalue weighted by Gasteiger charge is -2.05. The SMILES string of the molecule is COc1ccc2oc(C(=O)NCc3cccc(C(N)=O)c3)c(C)c2c1. The lowest BCUT2D eigenvalue weighted by atomic mass is 10.1. The first-order chi connectivity index (χ1) is 12.0. The zero-order valence-electron chi connectivity index (χ0n) is 14.0. The molecule has 0 fully saturated rings. The van der Waals surface area contributed by atoms with Crippen LogP contribution < -0.4 is 15.8 Å². The second-order valence-corrected chi connectivity index (χ2v) is 5.67. The number of nitrogens with one attached hydrogen (secondary N) is 1. The number of nitrogens with two attached hydrogens (primary N) is 1. The summed E-state index contributed by atoms with van der Waals surface area (Å²) >= 11 is 0. The molecule has 0 aliphatic rings. The van der Waals surface area contributed by atoms with E-state index in [9.17, 15) is 9.59 Å². The van der Waals surface area contributed by atoms with E-state index in [1.807, 2.05) is 19.1 Å². The van der Waals surface area contributed by atoms with Gasteiger partial charge in [-0.1, -0.05) is 12.1 Å². The normalized spacial score (nSPS) is 10.6. The lowest BCUT2D eigenvalue weighted by Crippen LogP contribution is -2.23. The molecule has 0 aliphatic heterocycles. The van der Waals surface area contributed by atoms with E-state index in [1.54, 1.807) is 37.4 Å². The van der Waals surface area contributed by atoms with Crippen LogP contribution >= 0.6 is 0 Å². The molecule has 3 N–H and O–H groups in total. The predicted octanol–water partition coefficient (Wildman–Crippen LogP) is 2.78. The minimum atomic E-state index is -0.504. The maximum absolute atomic E-state index is 12.5. The van der Waals surface area contributed by atoms with Crippen molar-refractivity contribution in [3.05, 3.63) is 64.9 Å². The van der Waals surface area contributed by atoms with E-state index in [4.69, 9.17) is 14.9 Å². The molecule has 3 rings (SSSR count). The summed E-state index contributed by atoms with van der Waals surface area (Å²) in [7, 11) is 1.59. The summed E-state index contributed by atoms with van der Waals surface area (Å²) in [5.74, 6) is 0.133. The van der Waals surface area contributed by atoms with Gasteiger partial charge in [0.25, 0.3) is 5.91 Å². The zero-order valence-corrected chi connectivity index (χ0v) is 14.0. The van der Waals surface area contributed by atoms with E-state index >= 15 is 0 Å². The number of benzene rings is 2. The van der Waals surface area contributed by atoms with Gasteiger partial charge in [-0.3, -0.25) is 9.59 Å². The van der Waals surface area contributed by atoms with Gasteiger partial charge in [0.2, 0.25) is 5.91 Å². The van der Waals surface area contributed by atoms with E-state index in [1.165, 1.54) is 0 Å². The maximum atomic E-state index is 12.5. The Hall–Kier alpha value is -3.28. The largest absolute Gasteiger partial charge is 0.497 e. The van der Waals surface area contributed by atoms with Crippen molar-refractivity contribution in [3.63, 3.8) is 0 Å². The molecular formula is C19H18N2O4. The quantitative estimate of drug-likeness (QED) is 0.748. The summed E-state index contributed by atoms with van der Waals surface area (Å²) in [6.07, 6.45) is 0. The van der Waals surface area contributed by atoms with Gasteiger partial charge in [0.1, 0.15) is 11.3 Å². The summed E-state index contributed by atoms with van der Waals surface area (Å²) in [4.78, 5) is 23.7. The molecule has 0 spiro atoms. The van der Waals surface area contributed by atoms with Crippen LogP contribution in [-0.4, -0.2) is 18.9 Å². The molecule has 2 aromatic carbocycles. The third-order valence-corrected chi connectivity index (χ3v) is 4.01. The highest BCUT2D eigenvalue weighted by Crippen LogP contribution is 2.28. The average molecular weight is 338 g/mol. The standard InChI is InChI=1S/C19H18N2O4/c1-11-15-9-14(24-2)6-7-16(15)25-17(11)19(23)21-10-12-4-3-5-13(8-12)18(20)22/h3-9H,10H2,1-2H3,(H2,20,22)(H,21,23). The third-order valence-electron chi connectivity index (χ3n) is 4.01. The van der Waals surface area contributed by atoms with Gasteiger partial charge in [0.15, 0.2) is 5.76 Å². The number of primary amides is 1. The van der Waals surface area contributed by atoms with Crippen molar-refractivity contribution in [1.29, 1.82) is 0 Å². The molecule has 0 unspecified atom stereocenters. The van der Waals surface area contributed by atoms with Gasteiger partial charge in [-0.05, 0) is 42.8 Å². The molecule has 0 saturated heterocycles. The van der Waals surface area contributed by atoms with Crippen molar-refractivity contribution in [2.45, 2.75) is 13.5 Å². The second-order valence-electron chi connectivity index (χ2n) is 5.67. The molecule has 6 heteroatoms. The van der Waals surface area contributed by atoms with Gasteiger partial charge in [0.05, 0.1) is 7.11 Å². The molecule has 0 bridgehead atoms. The van der Waals surface area contributed by atoms with Crippen molar-refractivity contribution in [3.8, 4) is 5.75 Å². The maximum Gasteiger partial charge on any atom is 0.287 e. The number of furan rings is 1. The highest BCUT2D eigenvalue weighted by atomic mass is 16.5. The molecule has 2 amide bonds. The van der Waals surface area contributed by atoms with E-state index in [2.05, 4.69) is 5.32 Å². The van der Waals surface area contributed by atoms with E-state index < -0.39 is 5.91 Å². The Morgan fingerprint density at radius 3 is 2.72 bits per heavy atom. The summed E-state index contributed by atoms with van der Waals surface area (Å²) in [6.45, 7) is 2.09. The van der Waals surface area contributed by atoms with Gasteiger partial charge in [-0.25, -0.2) is 0 Å². The van der Waals surface area contributed by atoms with E-state index in [0.717, 1.165) is 16.5 Å². The minimum Gasteiger partial charge on any atom is -0.497 e. The van der Waals surface area contributed by atoms with Crippen molar-refractivity contribution in [1.82, 2.24) is 5.32 Å². The van der Waals surface area contributed by atoms with Crippen molar-refractivity contribution in [2.24, 2.45) is 5.73 Å². The molecule has 0 atom stereocenters. The molecule has 128 valence electrons. The predicted molar refractivity (Wildman–Crippen MR) is 93.6 cm³/mol. The molecule has 3 aromatic rings. The van der Waals surface area contributed by atoms with Crippen LogP contribution in [0.3, 0.4) is 0 Å². The summed E-state index contributed by atoms with van der Waals surface area (Å²) in [5.41, 5.74) is 7.82. The Balaban J connectivity index is 1.79. The highest BCUT2D eigenvalue weighted by Gasteiger charge is 2.18. The van der Waals surface area contributed by atoms with Gasteiger partial charge in [-0.2, -0.15) is 0 Å². The van der Waals surface area contributed by atoms with Crippen LogP contribution in [0.15, 0.2) is 46.9 Å². The molecular weight excluding hydrogens is 320 g/mol. The van der Waals surface area contributed by atoms with Crippen LogP contribution in [0.5, 0.6) is 5.75 Å². The van der Waals surface area contributed by atoms with Crippen molar-refractivity contribution < 1.29 is 18.7 Å². The zero-order chi connectivity index (χ0) is 18.0. The smallest absolute Gasteiger partial charge is 0.287 e. The van der Waals surface area contributed by atoms with Gasteiger partial charge in [0, 0.05) is 23.1 Å². The number of amides is 2. The molecule has 0 radical (unpaired) electrons. The Kier molecular flexibility index (Phi) is 4.43. The fourth-order valence-electron chi connectivity index (χ4n) is 2.64. The first kappa shape index (κ1) is 16.6. The monoisotopic (exact) mass is 338 g/mol. The number of fused-ring (bicyclic) bond motifs is 1. The van der Waals surface area contributed by atoms with Gasteiger partial charge >= 0.3 is 0 Å². The Bertz CT molecular complexity index is 959. The van der Waals surface area contributed by atoms with Crippen LogP contribution in [0.2, 0.25) is 0 Å². The molecule has 0 aliphatic carbocycles. The number of carbonyl (C=O) groups is 2. The minimum absolute atomic E-state index is 0.259. The average Bonchev–Trinajstić information content (AvgIpc) is 2.96. The van der Waals surface area contributed by atoms with Crippen LogP contribution in [0.25, 0.3) is 11.0 Å². The molecule has 1 aromatic heterocycles. The molecule has 0 saturated carbocycles. The van der Waals surface area contributed by atoms with Crippen LogP contribution in [0.1, 0.15) is 32.0 Å². The third kappa shape index (κ3) is 3.33. The molecule has 1 heterocycles. The number of hydrogen-bond acceptors (Lipinski definition) is 4. The van der Waals surface area contributed by atoms with Crippen molar-refractivity contribution >= 4 is 22.8 Å². The van der Waals surface area contributed by atoms with Crippen molar-refractivity contribution in [2.75, 3.05) is 7.11 Å². The topological polar surface area (TPSA) is 94.6 Å². The van der Waals surface area contributed by atoms with Crippen LogP contribution in [0, 0.1) is 6.92 Å². The highest BCUT2D eigenvalue weighted by molar-refractivity contribution is 5.99. The number of carbonyl (C=O) groups excluding carboxylic acids is 2. The number of methoxy groups -OCH3 is 1. The molecule has 6 nitrogen and oxygen atoms in total.